The highest BCUT2D eigenvalue weighted by Crippen LogP contribution is 2.48. The van der Waals surface area contributed by atoms with E-state index in [1.165, 1.54) is 48.5 Å². The number of phenolic OH excluding ortho intramolecular Hbond substituents is 6. The Morgan fingerprint density at radius 3 is 1.82 bits per heavy atom. The lowest BCUT2D eigenvalue weighted by molar-refractivity contribution is -0.146. The lowest BCUT2D eigenvalue weighted by Gasteiger charge is -2.31. The van der Waals surface area contributed by atoms with E-state index in [2.05, 4.69) is 37.2 Å². The Kier molecular flexibility index (Phi) is 17.5. The third-order valence-electron chi connectivity index (χ3n) is 16.1. The van der Waals surface area contributed by atoms with Gasteiger partial charge in [0.25, 0.3) is 0 Å². The molecule has 17 bridgehead atoms. The second kappa shape index (κ2) is 26.2. The van der Waals surface area contributed by atoms with Gasteiger partial charge in [-0.2, -0.15) is 0 Å². The van der Waals surface area contributed by atoms with Crippen LogP contribution in [0.5, 0.6) is 69.0 Å². The summed E-state index contributed by atoms with van der Waals surface area (Å²) in [5, 5.41) is 98.4. The molecule has 6 aliphatic heterocycles. The molecule has 29 heteroatoms. The maximum Gasteiger partial charge on any atom is 0.408 e. The van der Waals surface area contributed by atoms with E-state index >= 15 is 19.2 Å². The fraction of sp³-hybridized carbons (Fsp3) is 0.164. The summed E-state index contributed by atoms with van der Waals surface area (Å²) >= 11 is 13.8. The van der Waals surface area contributed by atoms with E-state index in [9.17, 15) is 54.9 Å². The second-order valence-corrected chi connectivity index (χ2v) is 23.3. The van der Waals surface area contributed by atoms with Crippen molar-refractivity contribution in [1.82, 2.24) is 37.2 Å². The number of benzene rings is 8. The third-order valence-corrected chi connectivity index (χ3v) is 16.7. The molecule has 0 fully saturated rings. The summed E-state index contributed by atoms with van der Waals surface area (Å²) in [4.78, 5) is 119. The van der Waals surface area contributed by atoms with Crippen molar-refractivity contribution < 1.29 is 97.8 Å². The van der Waals surface area contributed by atoms with Crippen LogP contribution >= 0.6 is 23.2 Å². The van der Waals surface area contributed by atoms with Crippen LogP contribution < -0.4 is 51.4 Å². The van der Waals surface area contributed by atoms with Gasteiger partial charge in [0.05, 0.1) is 17.2 Å². The molecule has 14 N–H and O–H groups in total. The van der Waals surface area contributed by atoms with E-state index in [-0.39, 0.29) is 84.2 Å². The molecule has 6 heterocycles. The molecule has 96 heavy (non-hydrogen) atoms. The van der Waals surface area contributed by atoms with Crippen LogP contribution in [-0.2, 0) is 56.1 Å². The summed E-state index contributed by atoms with van der Waals surface area (Å²) in [7, 11) is 0.960. The molecule has 8 atom stereocenters. The Labute approximate surface area is 552 Å². The molecule has 0 saturated carbocycles. The number of carbonyl (C=O) groups is 8. The molecular formula is C67H53Cl2N7O20. The predicted octanol–water partition coefficient (Wildman–Crippen LogP) is 7.04. The monoisotopic (exact) mass is 1350 g/mol. The van der Waals surface area contributed by atoms with E-state index in [0.717, 1.165) is 73.8 Å². The van der Waals surface area contributed by atoms with Crippen molar-refractivity contribution in [2.75, 3.05) is 7.11 Å². The number of ether oxygens (including phenoxy) is 5. The quantitative estimate of drug-likeness (QED) is 0.0785. The van der Waals surface area contributed by atoms with Crippen LogP contribution in [0.1, 0.15) is 80.8 Å². The molecule has 27 nitrogen and oxygen atoms in total. The number of aliphatic hydroxyl groups is 1. The van der Waals surface area contributed by atoms with Crippen molar-refractivity contribution in [2.45, 2.75) is 61.4 Å². The highest BCUT2D eigenvalue weighted by molar-refractivity contribution is 6.32. The first-order chi connectivity index (χ1) is 46.0. The van der Waals surface area contributed by atoms with Gasteiger partial charge in [-0.3, -0.25) is 28.8 Å². The number of nitrogens with one attached hydrogen (secondary N) is 7. The van der Waals surface area contributed by atoms with Crippen LogP contribution in [0, 0.1) is 0 Å². The number of esters is 1. The lowest BCUT2D eigenvalue weighted by atomic mass is 9.89. The number of aromatic hydroxyl groups is 6. The van der Waals surface area contributed by atoms with E-state index in [4.69, 9.17) is 46.9 Å². The van der Waals surface area contributed by atoms with E-state index in [0.29, 0.717) is 5.56 Å². The average Bonchev–Trinajstić information content (AvgIpc) is 0.765. The van der Waals surface area contributed by atoms with Crippen LogP contribution in [0.15, 0.2) is 146 Å². The molecule has 0 spiro atoms. The van der Waals surface area contributed by atoms with Crippen LogP contribution in [0.4, 0.5) is 4.79 Å². The Balaban J connectivity index is 1.04. The minimum atomic E-state index is -2.20. The maximum atomic E-state index is 15.9. The smallest absolute Gasteiger partial charge is 0.408 e. The Bertz CT molecular complexity index is 4560. The first-order valence-electron chi connectivity index (χ1n) is 29.1. The molecule has 6 aliphatic rings. The van der Waals surface area contributed by atoms with Crippen LogP contribution in [-0.4, -0.2) is 102 Å². The molecule has 490 valence electrons. The molecular weight excluding hydrogens is 1290 g/mol. The van der Waals surface area contributed by atoms with Gasteiger partial charge in [0.2, 0.25) is 41.2 Å². The number of alkyl carbamates (subject to hydrolysis) is 1. The molecule has 0 aliphatic carbocycles. The summed E-state index contributed by atoms with van der Waals surface area (Å²) in [6, 6.07) is 16.5. The van der Waals surface area contributed by atoms with Gasteiger partial charge >= 0.3 is 12.1 Å². The molecule has 0 aromatic heterocycles. The molecule has 7 amide bonds. The van der Waals surface area contributed by atoms with Gasteiger partial charge in [0, 0.05) is 35.2 Å². The van der Waals surface area contributed by atoms with Crippen LogP contribution in [0.3, 0.4) is 0 Å². The number of halogens is 2. The Hall–Kier alpha value is -11.9. The van der Waals surface area contributed by atoms with Crippen molar-refractivity contribution in [3.8, 4) is 80.1 Å². The fourth-order valence-electron chi connectivity index (χ4n) is 11.3. The first-order valence-corrected chi connectivity index (χ1v) is 29.8. The van der Waals surface area contributed by atoms with Gasteiger partial charge in [0.15, 0.2) is 29.0 Å². The van der Waals surface area contributed by atoms with E-state index < -0.39 is 154 Å². The summed E-state index contributed by atoms with van der Waals surface area (Å²) in [6.45, 7) is -0.234. The second-order valence-electron chi connectivity index (χ2n) is 22.4. The number of aliphatic hydroxyl groups excluding tert-OH is 1. The average molecular weight is 1350 g/mol. The van der Waals surface area contributed by atoms with Gasteiger partial charge in [-0.15, -0.1) is 0 Å². The number of methoxy groups -OCH3 is 1. The van der Waals surface area contributed by atoms with Gasteiger partial charge in [0.1, 0.15) is 89.2 Å². The number of fused-ring (bicyclic) bond motifs is 14. The third kappa shape index (κ3) is 13.1. The minimum Gasteiger partial charge on any atom is -0.508 e. The van der Waals surface area contributed by atoms with Crippen molar-refractivity contribution in [1.29, 1.82) is 0 Å². The highest BCUT2D eigenvalue weighted by atomic mass is 35.5. The number of amides is 7. The van der Waals surface area contributed by atoms with Crippen molar-refractivity contribution in [3.05, 3.63) is 200 Å². The number of rotatable bonds is 4. The maximum absolute atomic E-state index is 15.9. The summed E-state index contributed by atoms with van der Waals surface area (Å²) < 4.78 is 29.2. The van der Waals surface area contributed by atoms with Gasteiger partial charge in [-0.05, 0) is 118 Å². The minimum absolute atomic E-state index is 0.0134. The van der Waals surface area contributed by atoms with E-state index in [1.54, 1.807) is 30.3 Å². The molecule has 14 rings (SSSR count). The van der Waals surface area contributed by atoms with Crippen molar-refractivity contribution in [3.63, 3.8) is 0 Å². The molecule has 0 saturated heterocycles. The van der Waals surface area contributed by atoms with Gasteiger partial charge in [-0.25, -0.2) is 9.59 Å². The zero-order valence-electron chi connectivity index (χ0n) is 49.6. The summed E-state index contributed by atoms with van der Waals surface area (Å²) in [6.07, 6.45) is -3.64. The topological polar surface area (TPSA) is 409 Å². The number of phenols is 6. The molecule has 0 radical (unpaired) electrons. The molecule has 8 aromatic carbocycles. The number of hydrogen-bond acceptors (Lipinski definition) is 20. The standard InChI is InChI=1S/C67H53Cl2N7O20/c1-92-66(90)56-39-25-36(78)26-45(81)51(39)38-19-30(8-11-43(38)79)52-62(86)75-57(65(89)74-56)58(82)32-10-14-47(41(69)20-32)96-50-23-34-22-49(59(50)83)95-46-13-7-29(15-40(46)68)16-42-60(84)71-54(63(87)73-55(34)64(88)72-52)33-17-35(77)24-37(18-33)94-48-21-31(9-12-44(48)80)53(61(85)70-42)76-67(91)93-27-28-5-3-2-4-6-28/h2-15,17-26,42,52-58,77-83H,16,27H2,1H3,(H,70,85)(H,71,84)(H,72,88)(H,73,87)(H,74,89)(H,75,86)(H,76,91)/t42-,52-,53+,54+,55-,56+,57+,58-/m1/s1. The van der Waals surface area contributed by atoms with Gasteiger partial charge in [-0.1, -0.05) is 77.8 Å². The van der Waals surface area contributed by atoms with Gasteiger partial charge < -0.3 is 96.6 Å². The van der Waals surface area contributed by atoms with Crippen LogP contribution in [0.25, 0.3) is 11.1 Å². The SMILES string of the molecule is COC(=O)[C@H]1NC(=O)[C@H]2NC(=O)[C@H](NC(=O)[C@@H]3NC(=O)[C@H]4NC(=O)[C@@H](Cc5ccc(c(Cl)c5)Oc5cc3cc(c5O)Oc3ccc(cc3Cl)[C@H]2O)NC(=O)[C@@H](NC(=O)OCc2ccccc2)c2ccc(O)c(c2)Oc2cc(O)cc4c2)c2ccc(O)c(c2)-c2c(O)cc(O)cc21. The molecule has 0 unspecified atom stereocenters. The zero-order valence-corrected chi connectivity index (χ0v) is 51.1. The molecule has 8 aromatic rings. The largest absolute Gasteiger partial charge is 0.508 e. The Morgan fingerprint density at radius 2 is 1.14 bits per heavy atom. The lowest BCUT2D eigenvalue weighted by Crippen LogP contribution is -2.55. The normalized spacial score (nSPS) is 20.7. The van der Waals surface area contributed by atoms with E-state index in [1.807, 2.05) is 0 Å². The highest BCUT2D eigenvalue weighted by Gasteiger charge is 2.42. The summed E-state index contributed by atoms with van der Waals surface area (Å²) in [5.74, 6) is -14.7. The predicted molar refractivity (Wildman–Crippen MR) is 335 cm³/mol. The van der Waals surface area contributed by atoms with Crippen molar-refractivity contribution in [2.24, 2.45) is 0 Å². The van der Waals surface area contributed by atoms with Crippen molar-refractivity contribution >= 4 is 70.7 Å². The number of hydrogen-bond donors (Lipinski definition) is 14. The number of carbonyl (C=O) groups excluding carboxylic acids is 8. The fourth-order valence-corrected chi connectivity index (χ4v) is 11.8. The van der Waals surface area contributed by atoms with Crippen LogP contribution in [0.2, 0.25) is 10.0 Å². The zero-order chi connectivity index (χ0) is 68.0. The first kappa shape index (κ1) is 64.2. The summed E-state index contributed by atoms with van der Waals surface area (Å²) in [5.41, 5.74) is -1.39. The Morgan fingerprint density at radius 1 is 0.531 bits per heavy atom.